The van der Waals surface area contributed by atoms with Gasteiger partial charge in [-0.2, -0.15) is 5.26 Å². The van der Waals surface area contributed by atoms with Crippen LogP contribution in [0.4, 0.5) is 11.4 Å². The van der Waals surface area contributed by atoms with Gasteiger partial charge in [0, 0.05) is 6.54 Å². The van der Waals surface area contributed by atoms with Gasteiger partial charge in [0.15, 0.2) is 11.6 Å². The average Bonchev–Trinajstić information content (AvgIpc) is 2.94. The Bertz CT molecular complexity index is 708. The van der Waals surface area contributed by atoms with Crippen LogP contribution in [-0.4, -0.2) is 35.7 Å². The molecule has 0 amide bonds. The summed E-state index contributed by atoms with van der Waals surface area (Å²) < 4.78 is 6.05. The van der Waals surface area contributed by atoms with Gasteiger partial charge in [-0.25, -0.2) is 4.98 Å². The Morgan fingerprint density at radius 2 is 2.45 bits per heavy atom. The molecule has 1 aliphatic heterocycles. The van der Waals surface area contributed by atoms with Crippen molar-refractivity contribution in [3.63, 3.8) is 0 Å². The van der Waals surface area contributed by atoms with E-state index in [9.17, 15) is 10.1 Å². The van der Waals surface area contributed by atoms with Gasteiger partial charge in [-0.05, 0) is 12.1 Å². The molecule has 0 bridgehead atoms. The number of hydrogen-bond donors (Lipinski definition) is 0. The molecule has 8 heteroatoms. The zero-order chi connectivity index (χ0) is 14.1. The normalized spacial score (nSPS) is 18.9. The number of thiazole rings is 1. The quantitative estimate of drug-likeness (QED) is 0.620. The van der Waals surface area contributed by atoms with Crippen molar-refractivity contribution >= 4 is 32.9 Å². The lowest BCUT2D eigenvalue weighted by Gasteiger charge is -2.31. The number of ether oxygens (including phenoxy) is 1. The highest BCUT2D eigenvalue weighted by Crippen LogP contribution is 2.37. The summed E-state index contributed by atoms with van der Waals surface area (Å²) in [6.07, 6.45) is -0.561. The molecule has 1 aliphatic rings. The molecule has 0 N–H and O–H groups in total. The minimum absolute atomic E-state index is 0.00217. The predicted octanol–water partition coefficient (Wildman–Crippen LogP) is 1.93. The van der Waals surface area contributed by atoms with E-state index in [-0.39, 0.29) is 5.69 Å². The van der Waals surface area contributed by atoms with Gasteiger partial charge in [0.05, 0.1) is 34.4 Å². The first-order valence-electron chi connectivity index (χ1n) is 5.97. The van der Waals surface area contributed by atoms with E-state index in [1.807, 2.05) is 17.0 Å². The molecule has 20 heavy (non-hydrogen) atoms. The van der Waals surface area contributed by atoms with Crippen LogP contribution >= 0.6 is 11.3 Å². The molecule has 1 saturated heterocycles. The second-order valence-corrected chi connectivity index (χ2v) is 5.21. The van der Waals surface area contributed by atoms with Crippen LogP contribution in [0.1, 0.15) is 0 Å². The molecule has 0 aliphatic carbocycles. The van der Waals surface area contributed by atoms with E-state index in [4.69, 9.17) is 10.00 Å². The van der Waals surface area contributed by atoms with Crippen molar-refractivity contribution < 1.29 is 9.66 Å². The van der Waals surface area contributed by atoms with Gasteiger partial charge < -0.3 is 9.64 Å². The second kappa shape index (κ2) is 5.03. The Morgan fingerprint density at radius 3 is 3.20 bits per heavy atom. The van der Waals surface area contributed by atoms with Gasteiger partial charge in [-0.3, -0.25) is 10.1 Å². The summed E-state index contributed by atoms with van der Waals surface area (Å²) in [7, 11) is 0. The molecule has 7 nitrogen and oxygen atoms in total. The Kier molecular flexibility index (Phi) is 3.22. The molecule has 1 aromatic heterocycles. The maximum Gasteiger partial charge on any atom is 0.319 e. The largest absolute Gasteiger partial charge is 0.360 e. The number of nitrogens with zero attached hydrogens (tertiary/aromatic N) is 4. The van der Waals surface area contributed by atoms with E-state index < -0.39 is 11.0 Å². The lowest BCUT2D eigenvalue weighted by molar-refractivity contribution is -0.382. The number of benzene rings is 1. The van der Waals surface area contributed by atoms with Gasteiger partial charge in [0.2, 0.25) is 0 Å². The van der Waals surface area contributed by atoms with Crippen molar-refractivity contribution in [1.82, 2.24) is 4.98 Å². The lowest BCUT2D eigenvalue weighted by Crippen LogP contribution is -2.42. The summed E-state index contributed by atoms with van der Waals surface area (Å²) in [6, 6.07) is 5.58. The summed E-state index contributed by atoms with van der Waals surface area (Å²) in [5, 5.41) is 20.3. The molecule has 1 atom stereocenters. The van der Waals surface area contributed by atoms with Gasteiger partial charge >= 0.3 is 5.69 Å². The molecule has 2 heterocycles. The van der Waals surface area contributed by atoms with Crippen molar-refractivity contribution in [2.75, 3.05) is 24.6 Å². The maximum absolute atomic E-state index is 11.4. The fraction of sp³-hybridized carbons (Fsp3) is 0.333. The maximum atomic E-state index is 11.4. The molecular formula is C12H10N4O3S. The molecule has 0 saturated carbocycles. The monoisotopic (exact) mass is 290 g/mol. The van der Waals surface area contributed by atoms with Gasteiger partial charge in [-0.1, -0.05) is 0 Å². The molecule has 3 rings (SSSR count). The highest BCUT2D eigenvalue weighted by Gasteiger charge is 2.28. The van der Waals surface area contributed by atoms with Crippen LogP contribution in [0.3, 0.4) is 0 Å². The predicted molar refractivity (Wildman–Crippen MR) is 73.8 cm³/mol. The van der Waals surface area contributed by atoms with Crippen LogP contribution in [0.2, 0.25) is 0 Å². The number of aromatic nitrogens is 1. The lowest BCUT2D eigenvalue weighted by atomic mass is 10.2. The Morgan fingerprint density at radius 1 is 1.60 bits per heavy atom. The Hall–Kier alpha value is -2.24. The molecule has 0 spiro atoms. The third kappa shape index (κ3) is 2.07. The van der Waals surface area contributed by atoms with E-state index in [1.165, 1.54) is 11.3 Å². The first kappa shape index (κ1) is 12.8. The van der Waals surface area contributed by atoms with Crippen molar-refractivity contribution in [1.29, 1.82) is 5.26 Å². The van der Waals surface area contributed by atoms with Crippen molar-refractivity contribution in [2.24, 2.45) is 0 Å². The molecule has 0 radical (unpaired) electrons. The highest BCUT2D eigenvalue weighted by molar-refractivity contribution is 7.16. The van der Waals surface area contributed by atoms with Crippen LogP contribution in [0.5, 0.6) is 0 Å². The number of nitro groups is 1. The number of nitriles is 1. The summed E-state index contributed by atoms with van der Waals surface area (Å²) in [4.78, 5) is 16.9. The molecule has 102 valence electrons. The molecule has 2 aromatic rings. The minimum Gasteiger partial charge on any atom is -0.360 e. The van der Waals surface area contributed by atoms with E-state index in [1.54, 1.807) is 11.6 Å². The van der Waals surface area contributed by atoms with E-state index in [2.05, 4.69) is 4.98 Å². The van der Waals surface area contributed by atoms with Crippen molar-refractivity contribution in [3.05, 3.63) is 27.8 Å². The molecular weight excluding hydrogens is 280 g/mol. The highest BCUT2D eigenvalue weighted by atomic mass is 32.1. The fourth-order valence-electron chi connectivity index (χ4n) is 2.29. The Labute approximate surface area is 118 Å². The minimum atomic E-state index is -0.561. The van der Waals surface area contributed by atoms with Gasteiger partial charge in [0.1, 0.15) is 5.69 Å². The number of morpholine rings is 1. The number of hydrogen-bond acceptors (Lipinski definition) is 7. The van der Waals surface area contributed by atoms with Crippen LogP contribution in [-0.2, 0) is 4.74 Å². The molecule has 1 unspecified atom stereocenters. The average molecular weight is 290 g/mol. The zero-order valence-corrected chi connectivity index (χ0v) is 11.2. The Balaban J connectivity index is 2.08. The van der Waals surface area contributed by atoms with Crippen LogP contribution < -0.4 is 4.90 Å². The third-order valence-electron chi connectivity index (χ3n) is 3.19. The number of fused-ring (bicyclic) bond motifs is 1. The standard InChI is InChI=1S/C12H10N4O3S/c13-5-8-6-15(3-4-19-8)9-1-2-10-11(14-7-20-10)12(9)16(17)18/h1-2,7-8H,3-4,6H2. The van der Waals surface area contributed by atoms with Crippen molar-refractivity contribution in [3.8, 4) is 6.07 Å². The number of nitro benzene ring substituents is 1. The number of anilines is 1. The third-order valence-corrected chi connectivity index (χ3v) is 3.98. The van der Waals surface area contributed by atoms with Crippen molar-refractivity contribution in [2.45, 2.75) is 6.10 Å². The van der Waals surface area contributed by atoms with E-state index in [0.717, 1.165) is 4.70 Å². The van der Waals surface area contributed by atoms with Gasteiger partial charge in [-0.15, -0.1) is 11.3 Å². The molecule has 1 aromatic carbocycles. The summed E-state index contributed by atoms with van der Waals surface area (Å²) >= 11 is 1.37. The number of rotatable bonds is 2. The zero-order valence-electron chi connectivity index (χ0n) is 10.4. The summed E-state index contributed by atoms with van der Waals surface area (Å²) in [5.74, 6) is 0. The summed E-state index contributed by atoms with van der Waals surface area (Å²) in [5.41, 5.74) is 2.50. The molecule has 1 fully saturated rings. The van der Waals surface area contributed by atoms with Gasteiger partial charge in [0.25, 0.3) is 0 Å². The smallest absolute Gasteiger partial charge is 0.319 e. The first-order valence-corrected chi connectivity index (χ1v) is 6.85. The van der Waals surface area contributed by atoms with Crippen LogP contribution in [0.25, 0.3) is 10.2 Å². The summed E-state index contributed by atoms with van der Waals surface area (Å²) in [6.45, 7) is 1.23. The van der Waals surface area contributed by atoms with E-state index >= 15 is 0 Å². The SMILES string of the molecule is N#CC1CN(c2ccc3scnc3c2[N+](=O)[O-])CCO1. The topological polar surface area (TPSA) is 92.3 Å². The second-order valence-electron chi connectivity index (χ2n) is 4.32. The van der Waals surface area contributed by atoms with E-state index in [0.29, 0.717) is 30.9 Å². The van der Waals surface area contributed by atoms with Crippen LogP contribution in [0.15, 0.2) is 17.6 Å². The van der Waals surface area contributed by atoms with Crippen LogP contribution in [0, 0.1) is 21.4 Å². The fourth-order valence-corrected chi connectivity index (χ4v) is 2.97. The first-order chi connectivity index (χ1) is 9.70.